The van der Waals surface area contributed by atoms with Crippen LogP contribution >= 0.6 is 0 Å². The molecule has 8 nitrogen and oxygen atoms in total. The molecular formula is C22H25N4NaO4. The molecule has 1 aliphatic heterocycles. The number of ether oxygens (including phenoxy) is 1. The zero-order chi connectivity index (χ0) is 21.3. The third kappa shape index (κ3) is 5.02. The average molecular weight is 432 g/mol. The molecule has 0 spiro atoms. The zero-order valence-corrected chi connectivity index (χ0v) is 20.0. The van der Waals surface area contributed by atoms with Gasteiger partial charge in [0.05, 0.1) is 12.8 Å². The van der Waals surface area contributed by atoms with Crippen molar-refractivity contribution in [1.82, 2.24) is 9.97 Å². The van der Waals surface area contributed by atoms with Gasteiger partial charge in [0.25, 0.3) is 5.91 Å². The zero-order valence-electron chi connectivity index (χ0n) is 18.0. The van der Waals surface area contributed by atoms with Gasteiger partial charge >= 0.3 is 35.6 Å². The molecule has 2 aliphatic rings. The number of rotatable bonds is 5. The van der Waals surface area contributed by atoms with Crippen molar-refractivity contribution in [3.05, 3.63) is 41.1 Å². The molecule has 1 saturated carbocycles. The number of nitrogen functional groups attached to an aromatic ring is 1. The van der Waals surface area contributed by atoms with Gasteiger partial charge in [0.15, 0.2) is 0 Å². The summed E-state index contributed by atoms with van der Waals surface area (Å²) in [7, 11) is 1.47. The first-order valence-electron chi connectivity index (χ1n) is 10.3. The van der Waals surface area contributed by atoms with E-state index in [0.29, 0.717) is 30.1 Å². The molecule has 1 fully saturated rings. The maximum atomic E-state index is 13.0. The Labute approximate surface area is 203 Å². The quantitative estimate of drug-likeness (QED) is 0.582. The summed E-state index contributed by atoms with van der Waals surface area (Å²) in [5.74, 6) is -0.377. The summed E-state index contributed by atoms with van der Waals surface area (Å²) >= 11 is 0. The molecule has 2 aromatic rings. The van der Waals surface area contributed by atoms with Crippen LogP contribution in [0.1, 0.15) is 59.6 Å². The van der Waals surface area contributed by atoms with Crippen LogP contribution in [0.2, 0.25) is 0 Å². The number of aliphatic carboxylic acids is 1. The Kier molecular flexibility index (Phi) is 7.56. The third-order valence-corrected chi connectivity index (χ3v) is 6.18. The van der Waals surface area contributed by atoms with E-state index in [1.54, 1.807) is 4.90 Å². The summed E-state index contributed by atoms with van der Waals surface area (Å²) < 4.78 is 5.04. The monoisotopic (exact) mass is 432 g/mol. The SMILES string of the molecule is COc1nc(N)c2c(n1)CCN(c1ccc(C3CCC(CC(=O)[O-])CC3)cc1)C2=O.[Na+]. The fourth-order valence-corrected chi connectivity index (χ4v) is 4.57. The van der Waals surface area contributed by atoms with Gasteiger partial charge in [0.2, 0.25) is 0 Å². The van der Waals surface area contributed by atoms with E-state index in [1.165, 1.54) is 12.7 Å². The molecule has 9 heteroatoms. The Balaban J connectivity index is 0.00000272. The van der Waals surface area contributed by atoms with Crippen molar-refractivity contribution in [2.24, 2.45) is 5.92 Å². The largest absolute Gasteiger partial charge is 1.00 e. The molecule has 0 saturated heterocycles. The first kappa shape index (κ1) is 23.5. The van der Waals surface area contributed by atoms with Gasteiger partial charge in [-0.25, -0.2) is 0 Å². The van der Waals surface area contributed by atoms with Gasteiger partial charge in [-0.2, -0.15) is 9.97 Å². The van der Waals surface area contributed by atoms with Crippen molar-refractivity contribution in [2.45, 2.75) is 44.4 Å². The first-order valence-corrected chi connectivity index (χ1v) is 10.3. The second kappa shape index (κ2) is 9.97. The van der Waals surface area contributed by atoms with E-state index in [0.717, 1.165) is 31.4 Å². The minimum atomic E-state index is -0.958. The topological polar surface area (TPSA) is 121 Å². The molecule has 1 amide bonds. The summed E-state index contributed by atoms with van der Waals surface area (Å²) in [6.45, 7) is 0.513. The van der Waals surface area contributed by atoms with E-state index in [4.69, 9.17) is 10.5 Å². The van der Waals surface area contributed by atoms with Crippen LogP contribution in [0.4, 0.5) is 11.5 Å². The van der Waals surface area contributed by atoms with E-state index in [2.05, 4.69) is 22.1 Å². The summed E-state index contributed by atoms with van der Waals surface area (Å²) in [4.78, 5) is 33.8. The average Bonchev–Trinajstić information content (AvgIpc) is 2.74. The molecule has 0 bridgehead atoms. The standard InChI is InChI=1S/C22H26N4O4.Na/c1-30-22-24-17-10-11-26(21(29)19(17)20(23)25-22)16-8-6-15(7-9-16)14-4-2-13(3-5-14)12-18(27)28;/h6-9,13-14H,2-5,10-12H2,1H3,(H,27,28)(H2,23,24,25);/q;+1/p-1. The number of nitrogens with zero attached hydrogens (tertiary/aromatic N) is 3. The number of anilines is 2. The predicted octanol–water partition coefficient (Wildman–Crippen LogP) is -1.31. The fraction of sp³-hybridized carbons (Fsp3) is 0.455. The Morgan fingerprint density at radius 3 is 2.48 bits per heavy atom. The minimum absolute atomic E-state index is 0. The van der Waals surface area contributed by atoms with Gasteiger partial charge < -0.3 is 25.3 Å². The summed E-state index contributed by atoms with van der Waals surface area (Å²) in [5.41, 5.74) is 8.99. The van der Waals surface area contributed by atoms with Crippen LogP contribution < -0.4 is 50.0 Å². The van der Waals surface area contributed by atoms with E-state index in [9.17, 15) is 14.7 Å². The molecule has 0 unspecified atom stereocenters. The number of carbonyl (C=O) groups excluding carboxylic acids is 2. The molecule has 1 aliphatic carbocycles. The second-order valence-corrected chi connectivity index (χ2v) is 8.01. The van der Waals surface area contributed by atoms with Crippen LogP contribution in [0.25, 0.3) is 0 Å². The number of fused-ring (bicyclic) bond motifs is 1. The molecule has 1 aromatic heterocycles. The normalized spacial score (nSPS) is 20.5. The maximum Gasteiger partial charge on any atom is 1.00 e. The van der Waals surface area contributed by atoms with Crippen LogP contribution in [-0.4, -0.2) is 35.5 Å². The Bertz CT molecular complexity index is 959. The Morgan fingerprint density at radius 2 is 1.87 bits per heavy atom. The number of methoxy groups -OCH3 is 1. The number of hydrogen-bond donors (Lipinski definition) is 1. The number of carboxylic acids is 1. The summed E-state index contributed by atoms with van der Waals surface area (Å²) in [6, 6.07) is 8.23. The molecule has 0 radical (unpaired) electrons. The summed E-state index contributed by atoms with van der Waals surface area (Å²) in [6.07, 6.45) is 4.50. The van der Waals surface area contributed by atoms with Gasteiger partial charge in [-0.05, 0) is 61.6 Å². The molecular weight excluding hydrogens is 407 g/mol. The molecule has 1 aromatic carbocycles. The molecule has 2 heterocycles. The minimum Gasteiger partial charge on any atom is -0.550 e. The number of aromatic nitrogens is 2. The molecule has 0 atom stereocenters. The molecule has 31 heavy (non-hydrogen) atoms. The van der Waals surface area contributed by atoms with Crippen LogP contribution in [0.3, 0.4) is 0 Å². The van der Waals surface area contributed by atoms with Crippen LogP contribution in [0, 0.1) is 5.92 Å². The molecule has 4 rings (SSSR count). The van der Waals surface area contributed by atoms with Gasteiger partial charge in [-0.3, -0.25) is 4.79 Å². The number of amides is 1. The van der Waals surface area contributed by atoms with Crippen molar-refractivity contribution in [2.75, 3.05) is 24.3 Å². The van der Waals surface area contributed by atoms with Gasteiger partial charge in [-0.1, -0.05) is 12.1 Å². The van der Waals surface area contributed by atoms with Gasteiger partial charge in [-0.15, -0.1) is 0 Å². The van der Waals surface area contributed by atoms with E-state index in [-0.39, 0.29) is 59.6 Å². The number of carbonyl (C=O) groups is 2. The third-order valence-electron chi connectivity index (χ3n) is 6.18. The van der Waals surface area contributed by atoms with Crippen molar-refractivity contribution in [1.29, 1.82) is 0 Å². The predicted molar refractivity (Wildman–Crippen MR) is 109 cm³/mol. The van der Waals surface area contributed by atoms with Crippen molar-refractivity contribution in [3.63, 3.8) is 0 Å². The molecule has 158 valence electrons. The number of hydrogen-bond acceptors (Lipinski definition) is 7. The number of benzene rings is 1. The first-order chi connectivity index (χ1) is 14.5. The smallest absolute Gasteiger partial charge is 0.550 e. The van der Waals surface area contributed by atoms with Crippen molar-refractivity contribution < 1.29 is 49.0 Å². The number of nitrogens with two attached hydrogens (primary N) is 1. The van der Waals surface area contributed by atoms with Crippen molar-refractivity contribution in [3.8, 4) is 6.01 Å². The summed E-state index contributed by atoms with van der Waals surface area (Å²) in [5, 5.41) is 10.8. The van der Waals surface area contributed by atoms with E-state index in [1.807, 2.05) is 12.1 Å². The van der Waals surface area contributed by atoms with Gasteiger partial charge in [0, 0.05) is 24.6 Å². The Morgan fingerprint density at radius 1 is 1.19 bits per heavy atom. The molecule has 2 N–H and O–H groups in total. The van der Waals surface area contributed by atoms with E-state index < -0.39 is 5.97 Å². The number of carboxylic acid groups (broad SMARTS) is 1. The van der Waals surface area contributed by atoms with Crippen molar-refractivity contribution >= 4 is 23.4 Å². The van der Waals surface area contributed by atoms with Crippen LogP contribution in [0.15, 0.2) is 24.3 Å². The van der Waals surface area contributed by atoms with Gasteiger partial charge in [0.1, 0.15) is 11.4 Å². The van der Waals surface area contributed by atoms with Crippen LogP contribution in [0.5, 0.6) is 6.01 Å². The van der Waals surface area contributed by atoms with E-state index >= 15 is 0 Å². The van der Waals surface area contributed by atoms with Crippen LogP contribution in [-0.2, 0) is 11.2 Å². The maximum absolute atomic E-state index is 13.0. The Hall–Kier alpha value is -2.16. The fourth-order valence-electron chi connectivity index (χ4n) is 4.57. The second-order valence-electron chi connectivity index (χ2n) is 8.01.